The zero-order valence-electron chi connectivity index (χ0n) is 15.9. The fraction of sp³-hybridized carbons (Fsp3) is 0.550. The van der Waals surface area contributed by atoms with Crippen LogP contribution in [0.15, 0.2) is 24.3 Å². The molecule has 1 aromatic rings. The second-order valence-electron chi connectivity index (χ2n) is 6.59. The molecule has 0 aliphatic carbocycles. The highest BCUT2D eigenvalue weighted by Crippen LogP contribution is 2.09. The van der Waals surface area contributed by atoms with Crippen molar-refractivity contribution in [3.8, 4) is 5.75 Å². The summed E-state index contributed by atoms with van der Waals surface area (Å²) in [5.74, 6) is -1.78. The van der Waals surface area contributed by atoms with Gasteiger partial charge < -0.3 is 20.8 Å². The van der Waals surface area contributed by atoms with Gasteiger partial charge in [-0.15, -0.1) is 0 Å². The summed E-state index contributed by atoms with van der Waals surface area (Å²) in [5, 5.41) is 23.4. The summed E-state index contributed by atoms with van der Waals surface area (Å²) in [6, 6.07) is 5.54. The van der Waals surface area contributed by atoms with Crippen molar-refractivity contribution >= 4 is 17.8 Å². The van der Waals surface area contributed by atoms with Crippen molar-refractivity contribution < 1.29 is 24.6 Å². The smallest absolute Gasteiger partial charge is 0.305 e. The van der Waals surface area contributed by atoms with Crippen LogP contribution < -0.4 is 10.6 Å². The second-order valence-corrected chi connectivity index (χ2v) is 6.59. The Morgan fingerprint density at radius 1 is 1.04 bits per heavy atom. The summed E-state index contributed by atoms with van der Waals surface area (Å²) >= 11 is 0. The first-order valence-corrected chi connectivity index (χ1v) is 9.49. The number of unbranched alkanes of at least 4 members (excludes halogenated alkanes) is 4. The quantitative estimate of drug-likeness (QED) is 0.393. The average molecular weight is 378 g/mol. The Morgan fingerprint density at radius 3 is 2.33 bits per heavy atom. The van der Waals surface area contributed by atoms with Crippen molar-refractivity contribution in [2.24, 2.45) is 0 Å². The first-order valence-electron chi connectivity index (χ1n) is 9.49. The van der Waals surface area contributed by atoms with Gasteiger partial charge in [-0.2, -0.15) is 0 Å². The Labute approximate surface area is 160 Å². The number of phenols is 1. The lowest BCUT2D eigenvalue weighted by molar-refractivity contribution is -0.140. The summed E-state index contributed by atoms with van der Waals surface area (Å²) in [5.41, 5.74) is 0.930. The highest BCUT2D eigenvalue weighted by Gasteiger charge is 2.23. The van der Waals surface area contributed by atoms with Gasteiger partial charge in [-0.05, 0) is 30.5 Å². The molecule has 0 saturated heterocycles. The zero-order valence-corrected chi connectivity index (χ0v) is 15.9. The molecule has 0 spiro atoms. The molecule has 1 atom stereocenters. The molecule has 7 heteroatoms. The third-order valence-electron chi connectivity index (χ3n) is 4.19. The number of carboxylic acids is 1. The zero-order chi connectivity index (χ0) is 20.1. The van der Waals surface area contributed by atoms with Crippen molar-refractivity contribution in [1.29, 1.82) is 0 Å². The third-order valence-corrected chi connectivity index (χ3v) is 4.19. The highest BCUT2D eigenvalue weighted by molar-refractivity contribution is 5.90. The number of carboxylic acid groups (broad SMARTS) is 1. The van der Waals surface area contributed by atoms with Gasteiger partial charge in [0.25, 0.3) is 0 Å². The maximum Gasteiger partial charge on any atom is 0.305 e. The molecule has 0 radical (unpaired) electrons. The molecule has 1 rings (SSSR count). The maximum absolute atomic E-state index is 12.2. The van der Waals surface area contributed by atoms with E-state index in [-0.39, 0.29) is 11.7 Å². The number of carbonyl (C=O) groups is 3. The Kier molecular flexibility index (Phi) is 10.6. The first-order chi connectivity index (χ1) is 12.9. The molecule has 1 aromatic carbocycles. The minimum Gasteiger partial charge on any atom is -0.508 e. The van der Waals surface area contributed by atoms with Crippen LogP contribution in [0.3, 0.4) is 0 Å². The fourth-order valence-corrected chi connectivity index (χ4v) is 2.66. The molecule has 7 nitrogen and oxygen atoms in total. The van der Waals surface area contributed by atoms with E-state index in [2.05, 4.69) is 17.6 Å². The van der Waals surface area contributed by atoms with Gasteiger partial charge >= 0.3 is 5.97 Å². The van der Waals surface area contributed by atoms with Gasteiger partial charge in [0.1, 0.15) is 11.8 Å². The van der Waals surface area contributed by atoms with E-state index in [4.69, 9.17) is 5.11 Å². The molecule has 27 heavy (non-hydrogen) atoms. The number of hydrogen-bond acceptors (Lipinski definition) is 4. The molecule has 0 aromatic heterocycles. The second kappa shape index (κ2) is 12.7. The number of benzene rings is 1. The summed E-state index contributed by atoms with van der Waals surface area (Å²) in [7, 11) is 0. The predicted molar refractivity (Wildman–Crippen MR) is 102 cm³/mol. The largest absolute Gasteiger partial charge is 0.508 e. The lowest BCUT2D eigenvalue weighted by atomic mass is 10.1. The van der Waals surface area contributed by atoms with Crippen LogP contribution in [0.25, 0.3) is 0 Å². The number of phenolic OH excluding ortho intramolecular Hbond substituents is 1. The lowest BCUT2D eigenvalue weighted by Crippen LogP contribution is -2.48. The van der Waals surface area contributed by atoms with Gasteiger partial charge in [0.05, 0.1) is 6.42 Å². The Hall–Kier alpha value is -2.57. The van der Waals surface area contributed by atoms with E-state index in [1.165, 1.54) is 0 Å². The van der Waals surface area contributed by atoms with Crippen LogP contribution in [0.4, 0.5) is 0 Å². The van der Waals surface area contributed by atoms with Crippen molar-refractivity contribution in [3.63, 3.8) is 0 Å². The van der Waals surface area contributed by atoms with E-state index in [1.54, 1.807) is 24.3 Å². The summed E-state index contributed by atoms with van der Waals surface area (Å²) in [6.45, 7) is 2.43. The van der Waals surface area contributed by atoms with Crippen LogP contribution in [0.1, 0.15) is 57.4 Å². The van der Waals surface area contributed by atoms with Crippen molar-refractivity contribution in [1.82, 2.24) is 10.6 Å². The van der Waals surface area contributed by atoms with Crippen LogP contribution in [0, 0.1) is 0 Å². The Morgan fingerprint density at radius 2 is 1.70 bits per heavy atom. The van der Waals surface area contributed by atoms with Crippen molar-refractivity contribution in [2.45, 2.75) is 64.3 Å². The van der Waals surface area contributed by atoms with Crippen LogP contribution in [0.5, 0.6) is 5.75 Å². The van der Waals surface area contributed by atoms with E-state index in [0.717, 1.165) is 37.7 Å². The topological polar surface area (TPSA) is 116 Å². The van der Waals surface area contributed by atoms with E-state index < -0.39 is 24.3 Å². The van der Waals surface area contributed by atoms with Gasteiger partial charge in [0.2, 0.25) is 11.8 Å². The normalized spacial score (nSPS) is 11.6. The number of nitrogens with one attached hydrogen (secondary N) is 2. The molecule has 0 saturated carbocycles. The molecule has 0 aliphatic heterocycles. The summed E-state index contributed by atoms with van der Waals surface area (Å²) in [4.78, 5) is 35.2. The Bertz CT molecular complexity index is 601. The number of rotatable bonds is 13. The molecular weight excluding hydrogens is 348 g/mol. The minimum atomic E-state index is -1.14. The minimum absolute atomic E-state index is 0.168. The summed E-state index contributed by atoms with van der Waals surface area (Å²) < 4.78 is 0. The third kappa shape index (κ3) is 10.2. The van der Waals surface area contributed by atoms with Crippen LogP contribution in [-0.2, 0) is 20.8 Å². The molecule has 0 bridgehead atoms. The van der Waals surface area contributed by atoms with Crippen LogP contribution >= 0.6 is 0 Å². The molecule has 150 valence electrons. The highest BCUT2D eigenvalue weighted by atomic mass is 16.4. The first kappa shape index (κ1) is 22.5. The van der Waals surface area contributed by atoms with Gasteiger partial charge in [-0.1, -0.05) is 44.7 Å². The molecule has 2 amide bonds. The van der Waals surface area contributed by atoms with Crippen LogP contribution in [0.2, 0.25) is 0 Å². The van der Waals surface area contributed by atoms with Gasteiger partial charge in [-0.25, -0.2) is 0 Å². The van der Waals surface area contributed by atoms with Crippen molar-refractivity contribution in [3.05, 3.63) is 29.8 Å². The number of aromatic hydroxyl groups is 1. The molecule has 0 fully saturated rings. The molecule has 0 aliphatic rings. The SMILES string of the molecule is CCCCCCCC(=O)NC(CC(=O)O)C(=O)NCCc1ccc(O)cc1. The molecule has 0 heterocycles. The number of amides is 2. The molecule has 1 unspecified atom stereocenters. The van der Waals surface area contributed by atoms with E-state index in [1.807, 2.05) is 0 Å². The molecule has 4 N–H and O–H groups in total. The lowest BCUT2D eigenvalue weighted by Gasteiger charge is -2.17. The Balaban J connectivity index is 2.41. The van der Waals surface area contributed by atoms with Gasteiger partial charge in [-0.3, -0.25) is 14.4 Å². The van der Waals surface area contributed by atoms with Crippen LogP contribution in [-0.4, -0.2) is 40.6 Å². The number of aliphatic carboxylic acids is 1. The van der Waals surface area contributed by atoms with E-state index >= 15 is 0 Å². The molecular formula is C20H30N2O5. The fourth-order valence-electron chi connectivity index (χ4n) is 2.66. The average Bonchev–Trinajstić information content (AvgIpc) is 2.62. The van der Waals surface area contributed by atoms with E-state index in [0.29, 0.717) is 19.4 Å². The number of carbonyl (C=O) groups excluding carboxylic acids is 2. The number of hydrogen-bond donors (Lipinski definition) is 4. The monoisotopic (exact) mass is 378 g/mol. The van der Waals surface area contributed by atoms with Gasteiger partial charge in [0.15, 0.2) is 0 Å². The summed E-state index contributed by atoms with van der Waals surface area (Å²) in [6.07, 6.45) is 5.38. The standard InChI is InChI=1S/C20H30N2O5/c1-2-3-4-5-6-7-18(24)22-17(14-19(25)26)20(27)21-13-12-15-8-10-16(23)11-9-15/h8-11,17,23H,2-7,12-14H2,1H3,(H,21,27)(H,22,24)(H,25,26). The van der Waals surface area contributed by atoms with Gasteiger partial charge in [0, 0.05) is 13.0 Å². The predicted octanol–water partition coefficient (Wildman–Crippen LogP) is 2.37. The maximum atomic E-state index is 12.2. The van der Waals surface area contributed by atoms with Crippen molar-refractivity contribution in [2.75, 3.05) is 6.54 Å². The van der Waals surface area contributed by atoms with E-state index in [9.17, 15) is 19.5 Å².